The van der Waals surface area contributed by atoms with Crippen LogP contribution in [0, 0.1) is 0 Å². The van der Waals surface area contributed by atoms with Gasteiger partial charge in [-0.05, 0) is 24.3 Å². The van der Waals surface area contributed by atoms with E-state index < -0.39 is 5.79 Å². The van der Waals surface area contributed by atoms with Gasteiger partial charge in [-0.1, -0.05) is 20.8 Å². The zero-order chi connectivity index (χ0) is 16.5. The molecule has 0 bridgehead atoms. The topological polar surface area (TPSA) is 50.8 Å². The first-order valence-corrected chi connectivity index (χ1v) is 8.80. The van der Waals surface area contributed by atoms with Gasteiger partial charge in [0.15, 0.2) is 5.79 Å². The first-order chi connectivity index (χ1) is 10.9. The van der Waals surface area contributed by atoms with Crippen LogP contribution in [0.5, 0.6) is 0 Å². The molecular weight excluding hydrogens is 312 g/mol. The number of hydrogen-bond acceptors (Lipinski definition) is 4. The highest BCUT2D eigenvalue weighted by atomic mass is 32.2. The third kappa shape index (κ3) is 4.19. The quantitative estimate of drug-likeness (QED) is 0.839. The molecule has 6 heteroatoms. The summed E-state index contributed by atoms with van der Waals surface area (Å²) in [6.07, 6.45) is 0.738. The molecule has 0 atom stereocenters. The molecule has 2 aliphatic heterocycles. The van der Waals surface area contributed by atoms with Gasteiger partial charge in [0.1, 0.15) is 0 Å². The molecule has 0 aliphatic carbocycles. The summed E-state index contributed by atoms with van der Waals surface area (Å²) in [5.41, 5.74) is 0.808. The largest absolute Gasteiger partial charge is 0.346 e. The molecule has 0 radical (unpaired) electrons. The van der Waals surface area contributed by atoms with Gasteiger partial charge in [0, 0.05) is 28.3 Å². The van der Waals surface area contributed by atoms with Gasteiger partial charge in [-0.25, -0.2) is 4.79 Å². The van der Waals surface area contributed by atoms with Gasteiger partial charge in [0.2, 0.25) is 0 Å². The van der Waals surface area contributed by atoms with Crippen LogP contribution in [0.4, 0.5) is 10.5 Å². The monoisotopic (exact) mass is 336 g/mol. The molecule has 1 spiro atoms. The van der Waals surface area contributed by atoms with Crippen molar-refractivity contribution < 1.29 is 14.3 Å². The second kappa shape index (κ2) is 6.34. The molecule has 0 unspecified atom stereocenters. The third-order valence-electron chi connectivity index (χ3n) is 3.82. The van der Waals surface area contributed by atoms with E-state index in [-0.39, 0.29) is 10.8 Å². The van der Waals surface area contributed by atoms with Crippen LogP contribution in [0.1, 0.15) is 27.2 Å². The summed E-state index contributed by atoms with van der Waals surface area (Å²) in [6.45, 7) is 8.93. The molecule has 2 fully saturated rings. The van der Waals surface area contributed by atoms with Gasteiger partial charge in [-0.15, -0.1) is 11.8 Å². The summed E-state index contributed by atoms with van der Waals surface area (Å²) in [6, 6.07) is 7.87. The molecule has 0 aromatic heterocycles. The van der Waals surface area contributed by atoms with Crippen LogP contribution in [0.25, 0.3) is 0 Å². The number of carbonyl (C=O) groups is 1. The predicted octanol–water partition coefficient (Wildman–Crippen LogP) is 3.56. The minimum Gasteiger partial charge on any atom is -0.346 e. The lowest BCUT2D eigenvalue weighted by Gasteiger charge is -2.22. The zero-order valence-electron chi connectivity index (χ0n) is 13.9. The SMILES string of the molecule is CC(C)(C)Sc1ccc(NC(=O)N2CCC3(C2)OCCO3)cc1. The van der Waals surface area contributed by atoms with Crippen molar-refractivity contribution in [2.75, 3.05) is 31.6 Å². The maximum Gasteiger partial charge on any atom is 0.322 e. The fourth-order valence-electron chi connectivity index (χ4n) is 2.82. The van der Waals surface area contributed by atoms with E-state index >= 15 is 0 Å². The zero-order valence-corrected chi connectivity index (χ0v) is 14.7. The molecule has 2 heterocycles. The lowest BCUT2D eigenvalue weighted by molar-refractivity contribution is -0.143. The number of benzene rings is 1. The average molecular weight is 336 g/mol. The fourth-order valence-corrected chi connectivity index (χ4v) is 3.80. The second-order valence-corrected chi connectivity index (χ2v) is 8.85. The Morgan fingerprint density at radius 1 is 1.22 bits per heavy atom. The molecule has 23 heavy (non-hydrogen) atoms. The van der Waals surface area contributed by atoms with Gasteiger partial charge in [0.05, 0.1) is 19.8 Å². The highest BCUT2D eigenvalue weighted by Gasteiger charge is 2.44. The predicted molar refractivity (Wildman–Crippen MR) is 91.9 cm³/mol. The van der Waals surface area contributed by atoms with E-state index in [1.54, 1.807) is 4.90 Å². The van der Waals surface area contributed by atoms with Gasteiger partial charge < -0.3 is 19.7 Å². The number of nitrogens with zero attached hydrogens (tertiary/aromatic N) is 1. The molecule has 2 saturated heterocycles. The van der Waals surface area contributed by atoms with E-state index in [9.17, 15) is 4.79 Å². The maximum atomic E-state index is 12.4. The summed E-state index contributed by atoms with van der Waals surface area (Å²) < 4.78 is 11.5. The molecule has 1 aromatic carbocycles. The molecule has 1 aromatic rings. The van der Waals surface area contributed by atoms with Gasteiger partial charge in [-0.3, -0.25) is 0 Å². The van der Waals surface area contributed by atoms with Crippen LogP contribution < -0.4 is 5.32 Å². The van der Waals surface area contributed by atoms with E-state index in [2.05, 4.69) is 26.1 Å². The summed E-state index contributed by atoms with van der Waals surface area (Å²) in [4.78, 5) is 15.3. The van der Waals surface area contributed by atoms with Crippen molar-refractivity contribution >= 4 is 23.5 Å². The standard InChI is InChI=1S/C17H24N2O3S/c1-16(2,3)23-14-6-4-13(5-7-14)18-15(20)19-9-8-17(12-19)21-10-11-22-17/h4-7H,8-12H2,1-3H3,(H,18,20). The van der Waals surface area contributed by atoms with Crippen molar-refractivity contribution in [1.82, 2.24) is 4.90 Å². The lowest BCUT2D eigenvalue weighted by Crippen LogP contribution is -2.38. The average Bonchev–Trinajstić information content (AvgIpc) is 3.10. The minimum atomic E-state index is -0.565. The molecule has 2 aliphatic rings. The van der Waals surface area contributed by atoms with Crippen molar-refractivity contribution in [2.45, 2.75) is 42.6 Å². The van der Waals surface area contributed by atoms with Crippen LogP contribution in [0.2, 0.25) is 0 Å². The molecular formula is C17H24N2O3S. The van der Waals surface area contributed by atoms with E-state index in [4.69, 9.17) is 9.47 Å². The van der Waals surface area contributed by atoms with Crippen LogP contribution in [-0.4, -0.2) is 47.8 Å². The Hall–Kier alpha value is -1.24. The Labute approximate surface area is 141 Å². The number of thioether (sulfide) groups is 1. The maximum absolute atomic E-state index is 12.4. The number of amides is 2. The smallest absolute Gasteiger partial charge is 0.322 e. The number of anilines is 1. The summed E-state index contributed by atoms with van der Waals surface area (Å²) in [5.74, 6) is -0.565. The van der Waals surface area contributed by atoms with Gasteiger partial charge in [0.25, 0.3) is 0 Å². The number of nitrogens with one attached hydrogen (secondary N) is 1. The summed E-state index contributed by atoms with van der Waals surface area (Å²) >= 11 is 1.81. The third-order valence-corrected chi connectivity index (χ3v) is 4.95. The van der Waals surface area contributed by atoms with Crippen molar-refractivity contribution in [3.8, 4) is 0 Å². The second-order valence-electron chi connectivity index (χ2n) is 6.95. The Morgan fingerprint density at radius 2 is 1.87 bits per heavy atom. The van der Waals surface area contributed by atoms with Crippen molar-refractivity contribution in [3.63, 3.8) is 0 Å². The van der Waals surface area contributed by atoms with E-state index in [0.717, 1.165) is 12.1 Å². The number of ether oxygens (including phenoxy) is 2. The lowest BCUT2D eigenvalue weighted by atomic mass is 10.2. The Balaban J connectivity index is 1.56. The first kappa shape index (κ1) is 16.6. The molecule has 5 nitrogen and oxygen atoms in total. The number of hydrogen-bond donors (Lipinski definition) is 1. The number of carbonyl (C=O) groups excluding carboxylic acids is 1. The Bertz CT molecular complexity index is 562. The molecule has 3 rings (SSSR count). The summed E-state index contributed by atoms with van der Waals surface area (Å²) in [5, 5.41) is 2.95. The summed E-state index contributed by atoms with van der Waals surface area (Å²) in [7, 11) is 0. The van der Waals surface area contributed by atoms with Gasteiger partial charge in [-0.2, -0.15) is 0 Å². The first-order valence-electron chi connectivity index (χ1n) is 7.98. The highest BCUT2D eigenvalue weighted by Crippen LogP contribution is 2.33. The van der Waals surface area contributed by atoms with E-state index in [0.29, 0.717) is 26.3 Å². The number of urea groups is 1. The molecule has 1 N–H and O–H groups in total. The minimum absolute atomic E-state index is 0.0998. The highest BCUT2D eigenvalue weighted by molar-refractivity contribution is 8.00. The van der Waals surface area contributed by atoms with Crippen LogP contribution in [-0.2, 0) is 9.47 Å². The van der Waals surface area contributed by atoms with Crippen molar-refractivity contribution in [1.29, 1.82) is 0 Å². The fraction of sp³-hybridized carbons (Fsp3) is 0.588. The number of likely N-dealkylation sites (tertiary alicyclic amines) is 1. The van der Waals surface area contributed by atoms with Gasteiger partial charge >= 0.3 is 6.03 Å². The van der Waals surface area contributed by atoms with Crippen LogP contribution in [0.3, 0.4) is 0 Å². The Kier molecular flexibility index (Phi) is 4.58. The molecule has 0 saturated carbocycles. The normalized spacial score (nSPS) is 20.2. The van der Waals surface area contributed by atoms with Crippen LogP contribution in [0.15, 0.2) is 29.2 Å². The Morgan fingerprint density at radius 3 is 2.48 bits per heavy atom. The number of rotatable bonds is 2. The van der Waals surface area contributed by atoms with Crippen LogP contribution >= 0.6 is 11.8 Å². The molecule has 2 amide bonds. The van der Waals surface area contributed by atoms with Crippen molar-refractivity contribution in [2.24, 2.45) is 0 Å². The molecule has 126 valence electrons. The van der Waals surface area contributed by atoms with E-state index in [1.807, 2.05) is 36.0 Å². The van der Waals surface area contributed by atoms with E-state index in [1.165, 1.54) is 4.90 Å². The van der Waals surface area contributed by atoms with Crippen molar-refractivity contribution in [3.05, 3.63) is 24.3 Å².